The molecule has 6 heteroatoms. The Balaban J connectivity index is 2.30. The number of hydrogen-bond acceptors (Lipinski definition) is 3. The van der Waals surface area contributed by atoms with Crippen molar-refractivity contribution in [3.8, 4) is 11.5 Å². The second kappa shape index (κ2) is 5.87. The van der Waals surface area contributed by atoms with Gasteiger partial charge in [-0.3, -0.25) is 0 Å². The molecule has 0 N–H and O–H groups in total. The average molecular weight is 295 g/mol. The number of hydrogen-bond donors (Lipinski definition) is 0. The van der Waals surface area contributed by atoms with Gasteiger partial charge in [0.05, 0.1) is 5.97 Å². The van der Waals surface area contributed by atoms with Crippen LogP contribution in [-0.2, 0) is 4.79 Å². The number of halogens is 3. The molecule has 21 heavy (non-hydrogen) atoms. The van der Waals surface area contributed by atoms with E-state index in [4.69, 9.17) is 4.74 Å². The van der Waals surface area contributed by atoms with Crippen LogP contribution in [0.15, 0.2) is 54.6 Å². The van der Waals surface area contributed by atoms with E-state index in [-0.39, 0.29) is 5.75 Å². The summed E-state index contributed by atoms with van der Waals surface area (Å²) in [6.45, 7) is 0. The van der Waals surface area contributed by atoms with E-state index in [0.717, 1.165) is 12.1 Å². The zero-order valence-electron chi connectivity index (χ0n) is 10.6. The van der Waals surface area contributed by atoms with Crippen LogP contribution in [0.3, 0.4) is 0 Å². The maximum atomic E-state index is 12.8. The molecule has 0 radical (unpaired) electrons. The van der Waals surface area contributed by atoms with Gasteiger partial charge in [0.2, 0.25) is 0 Å². The number of para-hydroxylation sites is 1. The van der Waals surface area contributed by atoms with Crippen molar-refractivity contribution in [1.29, 1.82) is 0 Å². The van der Waals surface area contributed by atoms with Gasteiger partial charge in [-0.15, -0.1) is 0 Å². The van der Waals surface area contributed by atoms with E-state index < -0.39 is 23.6 Å². The molecule has 0 spiro atoms. The molecule has 110 valence electrons. The summed E-state index contributed by atoms with van der Waals surface area (Å²) in [7, 11) is 0. The van der Waals surface area contributed by atoms with Crippen molar-refractivity contribution >= 4 is 5.97 Å². The third-order valence-electron chi connectivity index (χ3n) is 2.73. The molecule has 1 atom stereocenters. The summed E-state index contributed by atoms with van der Waals surface area (Å²) in [6, 6.07) is 13.3. The zero-order valence-corrected chi connectivity index (χ0v) is 10.6. The summed E-state index contributed by atoms with van der Waals surface area (Å²) in [5.41, 5.74) is -0.434. The standard InChI is InChI=1S/C15H11F3O3/c16-15(17,18)13(14(19)20)10-5-4-8-12(9-10)21-11-6-2-1-3-7-11/h1-9,13H,(H,19,20)/p-1. The van der Waals surface area contributed by atoms with E-state index in [1.54, 1.807) is 30.3 Å². The van der Waals surface area contributed by atoms with Crippen LogP contribution in [0.2, 0.25) is 0 Å². The largest absolute Gasteiger partial charge is 0.549 e. The van der Waals surface area contributed by atoms with Crippen molar-refractivity contribution < 1.29 is 27.8 Å². The molecular formula is C15H10F3O3-. The number of carbonyl (C=O) groups excluding carboxylic acids is 1. The summed E-state index contributed by atoms with van der Waals surface area (Å²) >= 11 is 0. The number of ether oxygens (including phenoxy) is 1. The van der Waals surface area contributed by atoms with E-state index in [1.807, 2.05) is 0 Å². The van der Waals surface area contributed by atoms with E-state index >= 15 is 0 Å². The SMILES string of the molecule is O=C([O-])C(c1cccc(Oc2ccccc2)c1)C(F)(F)F. The molecule has 2 aromatic carbocycles. The van der Waals surface area contributed by atoms with Gasteiger partial charge < -0.3 is 14.6 Å². The lowest BCUT2D eigenvalue weighted by atomic mass is 9.98. The lowest BCUT2D eigenvalue weighted by molar-refractivity contribution is -0.318. The first-order valence-corrected chi connectivity index (χ1v) is 5.98. The van der Waals surface area contributed by atoms with E-state index in [0.29, 0.717) is 5.75 Å². The molecule has 0 aliphatic heterocycles. The molecule has 2 rings (SSSR count). The molecule has 0 aliphatic carbocycles. The van der Waals surface area contributed by atoms with Crippen LogP contribution < -0.4 is 9.84 Å². The van der Waals surface area contributed by atoms with E-state index in [1.165, 1.54) is 12.1 Å². The van der Waals surface area contributed by atoms with Crippen LogP contribution in [0.25, 0.3) is 0 Å². The fraction of sp³-hybridized carbons (Fsp3) is 0.133. The normalized spacial score (nSPS) is 12.7. The maximum absolute atomic E-state index is 12.8. The van der Waals surface area contributed by atoms with Crippen molar-refractivity contribution in [3.63, 3.8) is 0 Å². The van der Waals surface area contributed by atoms with Crippen molar-refractivity contribution in [2.45, 2.75) is 12.1 Å². The summed E-state index contributed by atoms with van der Waals surface area (Å²) in [5, 5.41) is 10.7. The van der Waals surface area contributed by atoms with E-state index in [2.05, 4.69) is 0 Å². The minimum atomic E-state index is -4.93. The Morgan fingerprint density at radius 3 is 2.19 bits per heavy atom. The average Bonchev–Trinajstić information content (AvgIpc) is 2.38. The predicted molar refractivity (Wildman–Crippen MR) is 66.8 cm³/mol. The Morgan fingerprint density at radius 2 is 1.62 bits per heavy atom. The summed E-state index contributed by atoms with van der Waals surface area (Å²) in [6.07, 6.45) is -4.93. The van der Waals surface area contributed by atoms with Crippen LogP contribution >= 0.6 is 0 Å². The number of aliphatic carboxylic acids is 1. The molecule has 0 saturated carbocycles. The van der Waals surface area contributed by atoms with Crippen LogP contribution in [0, 0.1) is 0 Å². The Hall–Kier alpha value is -2.50. The number of alkyl halides is 3. The topological polar surface area (TPSA) is 49.4 Å². The highest BCUT2D eigenvalue weighted by Gasteiger charge is 2.41. The van der Waals surface area contributed by atoms with Crippen molar-refractivity contribution in [2.75, 3.05) is 0 Å². The number of benzene rings is 2. The third-order valence-corrected chi connectivity index (χ3v) is 2.73. The second-order valence-corrected chi connectivity index (χ2v) is 4.28. The quantitative estimate of drug-likeness (QED) is 0.871. The van der Waals surface area contributed by atoms with Crippen molar-refractivity contribution in [3.05, 3.63) is 60.2 Å². The maximum Gasteiger partial charge on any atom is 0.400 e. The van der Waals surface area contributed by atoms with Crippen molar-refractivity contribution in [2.24, 2.45) is 0 Å². The Kier molecular flexibility index (Phi) is 4.16. The van der Waals surface area contributed by atoms with Gasteiger partial charge in [0.1, 0.15) is 17.4 Å². The molecule has 3 nitrogen and oxygen atoms in total. The smallest absolute Gasteiger partial charge is 0.400 e. The summed E-state index contributed by atoms with van der Waals surface area (Å²) in [5.74, 6) is -4.32. The molecular weight excluding hydrogens is 285 g/mol. The number of carboxylic acid groups (broad SMARTS) is 1. The Bertz CT molecular complexity index is 624. The van der Waals surface area contributed by atoms with Crippen LogP contribution in [0.5, 0.6) is 11.5 Å². The van der Waals surface area contributed by atoms with Gasteiger partial charge >= 0.3 is 6.18 Å². The van der Waals surface area contributed by atoms with Gasteiger partial charge in [0, 0.05) is 0 Å². The molecule has 1 unspecified atom stereocenters. The lowest BCUT2D eigenvalue weighted by Gasteiger charge is -2.21. The van der Waals surface area contributed by atoms with Crippen molar-refractivity contribution in [1.82, 2.24) is 0 Å². The zero-order chi connectivity index (χ0) is 15.5. The second-order valence-electron chi connectivity index (χ2n) is 4.28. The van der Waals surface area contributed by atoms with Gasteiger partial charge in [-0.2, -0.15) is 13.2 Å². The first kappa shape index (κ1) is 14.9. The minimum Gasteiger partial charge on any atom is -0.549 e. The highest BCUT2D eigenvalue weighted by Crippen LogP contribution is 2.36. The fourth-order valence-electron chi connectivity index (χ4n) is 1.84. The Labute approximate surface area is 118 Å². The molecule has 0 bridgehead atoms. The Morgan fingerprint density at radius 1 is 1.00 bits per heavy atom. The van der Waals surface area contributed by atoms with Gasteiger partial charge in [-0.1, -0.05) is 30.3 Å². The molecule has 0 heterocycles. The molecule has 0 aromatic heterocycles. The molecule has 0 fully saturated rings. The number of carboxylic acids is 1. The fourth-order valence-corrected chi connectivity index (χ4v) is 1.84. The summed E-state index contributed by atoms with van der Waals surface area (Å²) in [4.78, 5) is 10.7. The van der Waals surface area contributed by atoms with Gasteiger partial charge in [0.15, 0.2) is 0 Å². The molecule has 0 aliphatic rings. The number of rotatable bonds is 4. The molecule has 0 saturated heterocycles. The lowest BCUT2D eigenvalue weighted by Crippen LogP contribution is -2.38. The third kappa shape index (κ3) is 3.75. The molecule has 2 aromatic rings. The van der Waals surface area contributed by atoms with Crippen LogP contribution in [0.4, 0.5) is 13.2 Å². The van der Waals surface area contributed by atoms with Crippen LogP contribution in [0.1, 0.15) is 11.5 Å². The summed E-state index contributed by atoms with van der Waals surface area (Å²) < 4.78 is 43.6. The first-order valence-electron chi connectivity index (χ1n) is 5.98. The van der Waals surface area contributed by atoms with Gasteiger partial charge in [0.25, 0.3) is 0 Å². The highest BCUT2D eigenvalue weighted by atomic mass is 19.4. The van der Waals surface area contributed by atoms with E-state index in [9.17, 15) is 23.1 Å². The van der Waals surface area contributed by atoms with Gasteiger partial charge in [-0.05, 0) is 29.8 Å². The van der Waals surface area contributed by atoms with Crippen LogP contribution in [-0.4, -0.2) is 12.1 Å². The molecule has 0 amide bonds. The monoisotopic (exact) mass is 295 g/mol. The minimum absolute atomic E-state index is 0.120. The first-order chi connectivity index (χ1) is 9.88. The number of carbonyl (C=O) groups is 1. The highest BCUT2D eigenvalue weighted by molar-refractivity contribution is 5.75. The van der Waals surface area contributed by atoms with Gasteiger partial charge in [-0.25, -0.2) is 0 Å². The predicted octanol–water partition coefficient (Wildman–Crippen LogP) is 2.87.